The van der Waals surface area contributed by atoms with E-state index in [4.69, 9.17) is 4.74 Å². The quantitative estimate of drug-likeness (QED) is 0.584. The molecule has 4 rings (SSSR count). The van der Waals surface area contributed by atoms with Crippen molar-refractivity contribution >= 4 is 23.0 Å². The lowest BCUT2D eigenvalue weighted by Crippen LogP contribution is -2.35. The van der Waals surface area contributed by atoms with Crippen molar-refractivity contribution < 1.29 is 9.66 Å². The highest BCUT2D eigenvalue weighted by atomic mass is 16.6. The van der Waals surface area contributed by atoms with Crippen LogP contribution in [0.2, 0.25) is 0 Å². The highest BCUT2D eigenvalue weighted by molar-refractivity contribution is 5.76. The Balaban J connectivity index is 1.74. The maximum atomic E-state index is 12.1. The summed E-state index contributed by atoms with van der Waals surface area (Å²) in [5, 5.41) is 15.1. The average molecular weight is 397 g/mol. The van der Waals surface area contributed by atoms with E-state index in [2.05, 4.69) is 41.0 Å². The van der Waals surface area contributed by atoms with Gasteiger partial charge in [-0.3, -0.25) is 10.1 Å². The second-order valence-electron chi connectivity index (χ2n) is 9.32. The van der Waals surface area contributed by atoms with Crippen molar-refractivity contribution in [2.45, 2.75) is 46.1 Å². The summed E-state index contributed by atoms with van der Waals surface area (Å²) in [6.07, 6.45) is 4.54. The van der Waals surface area contributed by atoms with Crippen LogP contribution < -0.4 is 15.0 Å². The van der Waals surface area contributed by atoms with Gasteiger partial charge in [0.05, 0.1) is 17.7 Å². The summed E-state index contributed by atoms with van der Waals surface area (Å²) in [4.78, 5) is 22.4. The van der Waals surface area contributed by atoms with Gasteiger partial charge in [0.25, 0.3) is 0 Å². The number of hydrogen-bond donors (Lipinski definition) is 1. The minimum absolute atomic E-state index is 0.0904. The predicted octanol–water partition coefficient (Wildman–Crippen LogP) is 4.54. The SMILES string of the molecule is COc1ccccc1Nc1ncnc(N2CC3(C)CC2CC(C)(C)C3)c1[N+](=O)[O-]. The third-order valence-corrected chi connectivity index (χ3v) is 6.03. The van der Waals surface area contributed by atoms with Crippen molar-refractivity contribution in [2.75, 3.05) is 23.9 Å². The van der Waals surface area contributed by atoms with Gasteiger partial charge in [-0.05, 0) is 42.2 Å². The summed E-state index contributed by atoms with van der Waals surface area (Å²) in [6.45, 7) is 7.61. The van der Waals surface area contributed by atoms with E-state index in [1.54, 1.807) is 19.2 Å². The van der Waals surface area contributed by atoms with Crippen LogP contribution in [0.15, 0.2) is 30.6 Å². The lowest BCUT2D eigenvalue weighted by Gasteiger charge is -2.39. The summed E-state index contributed by atoms with van der Waals surface area (Å²) in [5.74, 6) is 1.16. The van der Waals surface area contributed by atoms with Crippen molar-refractivity contribution in [3.05, 3.63) is 40.7 Å². The summed E-state index contributed by atoms with van der Waals surface area (Å²) >= 11 is 0. The number of anilines is 3. The lowest BCUT2D eigenvalue weighted by atomic mass is 9.65. The second kappa shape index (κ2) is 6.86. The van der Waals surface area contributed by atoms with Crippen molar-refractivity contribution in [1.82, 2.24) is 9.97 Å². The molecule has 2 heterocycles. The molecule has 2 atom stereocenters. The number of rotatable bonds is 5. The molecule has 2 aromatic rings. The number of hydrogen-bond acceptors (Lipinski definition) is 7. The number of fused-ring (bicyclic) bond motifs is 2. The van der Waals surface area contributed by atoms with Gasteiger partial charge in [-0.2, -0.15) is 0 Å². The molecule has 2 unspecified atom stereocenters. The molecular formula is C21H27N5O3. The number of nitro groups is 1. The van der Waals surface area contributed by atoms with Crippen LogP contribution in [0.5, 0.6) is 5.75 Å². The molecule has 2 bridgehead atoms. The van der Waals surface area contributed by atoms with E-state index in [1.165, 1.54) is 6.33 Å². The molecule has 0 radical (unpaired) electrons. The minimum Gasteiger partial charge on any atom is -0.495 e. The fourth-order valence-electron chi connectivity index (χ4n) is 5.42. The highest BCUT2D eigenvalue weighted by Crippen LogP contribution is 2.54. The van der Waals surface area contributed by atoms with Crippen molar-refractivity contribution in [2.24, 2.45) is 10.8 Å². The Hall–Kier alpha value is -2.90. The van der Waals surface area contributed by atoms with E-state index in [0.29, 0.717) is 17.3 Å². The predicted molar refractivity (Wildman–Crippen MR) is 112 cm³/mol. The third-order valence-electron chi connectivity index (χ3n) is 6.03. The normalized spacial score (nSPS) is 25.0. The fraction of sp³-hybridized carbons (Fsp3) is 0.524. The van der Waals surface area contributed by atoms with Crippen LogP contribution in [0.1, 0.15) is 40.0 Å². The van der Waals surface area contributed by atoms with Crippen LogP contribution in [0.3, 0.4) is 0 Å². The third kappa shape index (κ3) is 3.59. The minimum atomic E-state index is -0.386. The fourth-order valence-corrected chi connectivity index (χ4v) is 5.42. The molecule has 2 fully saturated rings. The number of para-hydroxylation sites is 2. The standard InChI is InChI=1S/C21H27N5O3/c1-20(2)9-14-10-21(3,11-20)12-25(14)19-17(26(27)28)18(22-13-23-19)24-15-7-5-6-8-16(15)29-4/h5-8,13-14H,9-12H2,1-4H3,(H,22,23,24). The molecule has 8 heteroatoms. The monoisotopic (exact) mass is 397 g/mol. The Kier molecular flexibility index (Phi) is 4.59. The molecule has 0 spiro atoms. The number of nitrogens with one attached hydrogen (secondary N) is 1. The van der Waals surface area contributed by atoms with Crippen LogP contribution in [-0.2, 0) is 0 Å². The Morgan fingerprint density at radius 2 is 2.00 bits per heavy atom. The number of nitrogens with zero attached hydrogens (tertiary/aromatic N) is 4. The van der Waals surface area contributed by atoms with Gasteiger partial charge in [-0.1, -0.05) is 32.9 Å². The topological polar surface area (TPSA) is 93.4 Å². The van der Waals surface area contributed by atoms with E-state index < -0.39 is 0 Å². The van der Waals surface area contributed by atoms with Gasteiger partial charge in [-0.15, -0.1) is 0 Å². The molecule has 154 valence electrons. The first-order valence-electron chi connectivity index (χ1n) is 9.87. The van der Waals surface area contributed by atoms with Crippen LogP contribution in [0.25, 0.3) is 0 Å². The molecule has 1 aliphatic heterocycles. The zero-order valence-electron chi connectivity index (χ0n) is 17.3. The molecule has 1 saturated heterocycles. The zero-order chi connectivity index (χ0) is 20.8. The van der Waals surface area contributed by atoms with E-state index in [0.717, 1.165) is 25.8 Å². The molecular weight excluding hydrogens is 370 g/mol. The van der Waals surface area contributed by atoms with Crippen molar-refractivity contribution in [1.29, 1.82) is 0 Å². The maximum absolute atomic E-state index is 12.1. The van der Waals surface area contributed by atoms with Gasteiger partial charge in [0, 0.05) is 12.6 Å². The first-order valence-corrected chi connectivity index (χ1v) is 9.87. The zero-order valence-corrected chi connectivity index (χ0v) is 17.3. The number of aromatic nitrogens is 2. The molecule has 1 aromatic heterocycles. The summed E-state index contributed by atoms with van der Waals surface area (Å²) in [5.41, 5.74) is 0.886. The maximum Gasteiger partial charge on any atom is 0.353 e. The van der Waals surface area contributed by atoms with Crippen LogP contribution in [0, 0.1) is 20.9 Å². The molecule has 1 saturated carbocycles. The van der Waals surface area contributed by atoms with Crippen LogP contribution in [-0.4, -0.2) is 34.6 Å². The Labute approximate surface area is 170 Å². The molecule has 1 aromatic carbocycles. The Bertz CT molecular complexity index is 948. The molecule has 1 aliphatic carbocycles. The van der Waals surface area contributed by atoms with E-state index in [-0.39, 0.29) is 33.3 Å². The average Bonchev–Trinajstić information content (AvgIpc) is 2.90. The van der Waals surface area contributed by atoms with Crippen LogP contribution >= 0.6 is 0 Å². The van der Waals surface area contributed by atoms with E-state index in [9.17, 15) is 10.1 Å². The van der Waals surface area contributed by atoms with Gasteiger partial charge in [0.1, 0.15) is 12.1 Å². The summed E-state index contributed by atoms with van der Waals surface area (Å²) in [6, 6.07) is 7.53. The lowest BCUT2D eigenvalue weighted by molar-refractivity contribution is -0.383. The van der Waals surface area contributed by atoms with Gasteiger partial charge in [0.2, 0.25) is 11.6 Å². The molecule has 2 aliphatic rings. The second-order valence-corrected chi connectivity index (χ2v) is 9.32. The van der Waals surface area contributed by atoms with E-state index >= 15 is 0 Å². The number of ether oxygens (including phenoxy) is 1. The first-order chi connectivity index (χ1) is 13.7. The van der Waals surface area contributed by atoms with Gasteiger partial charge >= 0.3 is 5.69 Å². The van der Waals surface area contributed by atoms with Gasteiger partial charge in [0.15, 0.2) is 0 Å². The Morgan fingerprint density at radius 1 is 1.24 bits per heavy atom. The largest absolute Gasteiger partial charge is 0.495 e. The number of methoxy groups -OCH3 is 1. The van der Waals surface area contributed by atoms with Gasteiger partial charge in [-0.25, -0.2) is 9.97 Å². The summed E-state index contributed by atoms with van der Waals surface area (Å²) < 4.78 is 5.35. The molecule has 0 amide bonds. The number of benzene rings is 1. The van der Waals surface area contributed by atoms with E-state index in [1.807, 2.05) is 12.1 Å². The first kappa shape index (κ1) is 19.4. The van der Waals surface area contributed by atoms with Gasteiger partial charge < -0.3 is 15.0 Å². The molecule has 29 heavy (non-hydrogen) atoms. The molecule has 8 nitrogen and oxygen atoms in total. The van der Waals surface area contributed by atoms with Crippen molar-refractivity contribution in [3.8, 4) is 5.75 Å². The van der Waals surface area contributed by atoms with Crippen LogP contribution in [0.4, 0.5) is 23.0 Å². The summed E-state index contributed by atoms with van der Waals surface area (Å²) in [7, 11) is 1.56. The Morgan fingerprint density at radius 3 is 2.72 bits per heavy atom. The smallest absolute Gasteiger partial charge is 0.353 e. The highest BCUT2D eigenvalue weighted by Gasteiger charge is 2.51. The van der Waals surface area contributed by atoms with Crippen molar-refractivity contribution in [3.63, 3.8) is 0 Å². The molecule has 1 N–H and O–H groups in total.